The number of allylic oxidation sites excluding steroid dienone is 1. The van der Waals surface area contributed by atoms with Crippen molar-refractivity contribution in [1.82, 2.24) is 4.98 Å². The maximum Gasteiger partial charge on any atom is 0.126 e. The van der Waals surface area contributed by atoms with Crippen LogP contribution in [0.4, 0.5) is 5.69 Å². The van der Waals surface area contributed by atoms with Crippen LogP contribution in [0.2, 0.25) is 0 Å². The summed E-state index contributed by atoms with van der Waals surface area (Å²) < 4.78 is 6.74. The average molecular weight is 336 g/mol. The largest absolute Gasteiger partial charge is 0.497 e. The molecule has 2 aromatic carbocycles. The van der Waals surface area contributed by atoms with Gasteiger partial charge in [0.1, 0.15) is 10.8 Å². The van der Waals surface area contributed by atoms with E-state index in [1.54, 1.807) is 18.4 Å². The molecule has 0 radical (unpaired) electrons. The number of hydrogen-bond acceptors (Lipinski definition) is 4. The Morgan fingerprint density at radius 2 is 1.88 bits per heavy atom. The second-order valence-electron chi connectivity index (χ2n) is 6.76. The molecule has 0 atom stereocenters. The number of rotatable bonds is 2. The van der Waals surface area contributed by atoms with Crippen LogP contribution in [0.15, 0.2) is 42.5 Å². The number of ether oxygens (including phenoxy) is 1. The van der Waals surface area contributed by atoms with Gasteiger partial charge in [-0.05, 0) is 50.6 Å². The molecule has 0 unspecified atom stereocenters. The number of benzene rings is 2. The first kappa shape index (κ1) is 15.2. The smallest absolute Gasteiger partial charge is 0.126 e. The molecule has 0 fully saturated rings. The van der Waals surface area contributed by atoms with Gasteiger partial charge < -0.3 is 10.1 Å². The molecule has 1 aliphatic rings. The number of methoxy groups -OCH3 is 1. The Kier molecular flexibility index (Phi) is 3.39. The molecule has 24 heavy (non-hydrogen) atoms. The Labute approximate surface area is 146 Å². The molecule has 0 aliphatic carbocycles. The fraction of sp³-hybridized carbons (Fsp3) is 0.250. The van der Waals surface area contributed by atoms with Gasteiger partial charge in [0.15, 0.2) is 0 Å². The van der Waals surface area contributed by atoms with Gasteiger partial charge in [0.2, 0.25) is 0 Å². The number of thiazole rings is 1. The van der Waals surface area contributed by atoms with Crippen LogP contribution >= 0.6 is 11.3 Å². The molecule has 0 saturated carbocycles. The summed E-state index contributed by atoms with van der Waals surface area (Å²) in [7, 11) is 1.71. The maximum absolute atomic E-state index is 5.54. The van der Waals surface area contributed by atoms with Gasteiger partial charge in [0.25, 0.3) is 0 Å². The number of hydrogen-bond donors (Lipinski definition) is 1. The summed E-state index contributed by atoms with van der Waals surface area (Å²) in [6, 6.07) is 12.4. The number of anilines is 1. The fourth-order valence-electron chi connectivity index (χ4n) is 3.31. The SMILES string of the molecule is COc1cc2c(c(-c3nc4ccccc4s3)c1)NC(C)(C)C=C2C. The van der Waals surface area contributed by atoms with Gasteiger partial charge in [-0.1, -0.05) is 18.2 Å². The average Bonchev–Trinajstić information content (AvgIpc) is 2.97. The topological polar surface area (TPSA) is 34.1 Å². The summed E-state index contributed by atoms with van der Waals surface area (Å²) in [4.78, 5) is 4.84. The number of fused-ring (bicyclic) bond motifs is 2. The van der Waals surface area contributed by atoms with Crippen LogP contribution in [0, 0.1) is 0 Å². The first-order chi connectivity index (χ1) is 11.5. The third kappa shape index (κ3) is 2.47. The Hall–Kier alpha value is -2.33. The van der Waals surface area contributed by atoms with E-state index in [1.165, 1.54) is 15.8 Å². The number of aromatic nitrogens is 1. The number of nitrogens with one attached hydrogen (secondary N) is 1. The minimum Gasteiger partial charge on any atom is -0.497 e. The predicted molar refractivity (Wildman–Crippen MR) is 103 cm³/mol. The van der Waals surface area contributed by atoms with Crippen molar-refractivity contribution in [3.05, 3.63) is 48.0 Å². The van der Waals surface area contributed by atoms with Crippen molar-refractivity contribution in [1.29, 1.82) is 0 Å². The van der Waals surface area contributed by atoms with Crippen molar-refractivity contribution in [3.63, 3.8) is 0 Å². The Morgan fingerprint density at radius 3 is 2.62 bits per heavy atom. The molecule has 2 heterocycles. The second kappa shape index (κ2) is 5.35. The standard InChI is InChI=1S/C20H20N2OS/c1-12-11-20(2,3)22-18-14(12)9-13(23-4)10-15(18)19-21-16-7-5-6-8-17(16)24-19/h5-11,22H,1-4H3. The van der Waals surface area contributed by atoms with E-state index in [0.29, 0.717) is 0 Å². The van der Waals surface area contributed by atoms with E-state index < -0.39 is 0 Å². The predicted octanol–water partition coefficient (Wildman–Crippen LogP) is 5.58. The van der Waals surface area contributed by atoms with Crippen molar-refractivity contribution >= 4 is 32.8 Å². The van der Waals surface area contributed by atoms with Crippen LogP contribution in [0.1, 0.15) is 26.3 Å². The monoisotopic (exact) mass is 336 g/mol. The molecular formula is C20H20N2OS. The van der Waals surface area contributed by atoms with Crippen LogP contribution in [-0.2, 0) is 0 Å². The highest BCUT2D eigenvalue weighted by Gasteiger charge is 2.26. The van der Waals surface area contributed by atoms with Crippen LogP contribution in [0.3, 0.4) is 0 Å². The van der Waals surface area contributed by atoms with Gasteiger partial charge in [-0.15, -0.1) is 11.3 Å². The van der Waals surface area contributed by atoms with Gasteiger partial charge in [-0.3, -0.25) is 0 Å². The lowest BCUT2D eigenvalue weighted by Gasteiger charge is -2.33. The number of nitrogens with zero attached hydrogens (tertiary/aromatic N) is 1. The van der Waals surface area contributed by atoms with Crippen molar-refractivity contribution in [3.8, 4) is 16.3 Å². The molecule has 1 aromatic heterocycles. The van der Waals surface area contributed by atoms with Gasteiger partial charge >= 0.3 is 0 Å². The zero-order chi connectivity index (χ0) is 16.9. The van der Waals surface area contributed by atoms with Gasteiger partial charge in [0.05, 0.1) is 28.6 Å². The minimum atomic E-state index is -0.0862. The third-order valence-electron chi connectivity index (χ3n) is 4.32. The Bertz CT molecular complexity index is 936. The first-order valence-corrected chi connectivity index (χ1v) is 8.84. The fourth-order valence-corrected chi connectivity index (χ4v) is 4.30. The lowest BCUT2D eigenvalue weighted by Crippen LogP contribution is -2.31. The van der Waals surface area contributed by atoms with E-state index in [4.69, 9.17) is 9.72 Å². The van der Waals surface area contributed by atoms with E-state index in [2.05, 4.69) is 62.5 Å². The minimum absolute atomic E-state index is 0.0862. The summed E-state index contributed by atoms with van der Waals surface area (Å²) in [6.45, 7) is 6.53. The molecule has 4 rings (SSSR count). The van der Waals surface area contributed by atoms with E-state index >= 15 is 0 Å². The highest BCUT2D eigenvalue weighted by molar-refractivity contribution is 7.21. The summed E-state index contributed by atoms with van der Waals surface area (Å²) in [5, 5.41) is 4.68. The van der Waals surface area contributed by atoms with Crippen LogP contribution in [0.5, 0.6) is 5.75 Å². The molecule has 3 nitrogen and oxygen atoms in total. The lowest BCUT2D eigenvalue weighted by atomic mass is 9.89. The molecule has 0 saturated heterocycles. The van der Waals surface area contributed by atoms with Crippen molar-refractivity contribution < 1.29 is 4.74 Å². The maximum atomic E-state index is 5.54. The Balaban J connectivity index is 1.98. The summed E-state index contributed by atoms with van der Waals surface area (Å²) in [6.07, 6.45) is 2.26. The lowest BCUT2D eigenvalue weighted by molar-refractivity contribution is 0.415. The quantitative estimate of drug-likeness (QED) is 0.663. The Morgan fingerprint density at radius 1 is 1.12 bits per heavy atom. The van der Waals surface area contributed by atoms with E-state index in [9.17, 15) is 0 Å². The summed E-state index contributed by atoms with van der Waals surface area (Å²) in [5.41, 5.74) is 5.64. The van der Waals surface area contributed by atoms with E-state index in [-0.39, 0.29) is 5.54 Å². The summed E-state index contributed by atoms with van der Waals surface area (Å²) >= 11 is 1.72. The second-order valence-corrected chi connectivity index (χ2v) is 7.79. The molecule has 0 spiro atoms. The van der Waals surface area contributed by atoms with Crippen LogP contribution in [0.25, 0.3) is 26.4 Å². The van der Waals surface area contributed by atoms with Crippen LogP contribution in [-0.4, -0.2) is 17.6 Å². The molecule has 3 aromatic rings. The molecule has 122 valence electrons. The van der Waals surface area contributed by atoms with Gasteiger partial charge in [-0.25, -0.2) is 4.98 Å². The van der Waals surface area contributed by atoms with Crippen molar-refractivity contribution in [2.75, 3.05) is 12.4 Å². The molecule has 1 aliphatic heterocycles. The molecule has 0 amide bonds. The van der Waals surface area contributed by atoms with E-state index in [1.807, 2.05) is 6.07 Å². The molecule has 4 heteroatoms. The van der Waals surface area contributed by atoms with Gasteiger partial charge in [-0.2, -0.15) is 0 Å². The van der Waals surface area contributed by atoms with Crippen molar-refractivity contribution in [2.45, 2.75) is 26.3 Å². The normalized spacial score (nSPS) is 15.6. The zero-order valence-corrected chi connectivity index (χ0v) is 15.1. The molecule has 1 N–H and O–H groups in total. The highest BCUT2D eigenvalue weighted by Crippen LogP contribution is 2.44. The van der Waals surface area contributed by atoms with E-state index in [0.717, 1.165) is 27.5 Å². The first-order valence-electron chi connectivity index (χ1n) is 8.03. The van der Waals surface area contributed by atoms with Crippen molar-refractivity contribution in [2.24, 2.45) is 0 Å². The highest BCUT2D eigenvalue weighted by atomic mass is 32.1. The molecule has 0 bridgehead atoms. The zero-order valence-electron chi connectivity index (χ0n) is 14.3. The molecular weight excluding hydrogens is 316 g/mol. The summed E-state index contributed by atoms with van der Waals surface area (Å²) in [5.74, 6) is 0.859. The number of para-hydroxylation sites is 1. The van der Waals surface area contributed by atoms with Gasteiger partial charge in [0, 0.05) is 11.1 Å². The van der Waals surface area contributed by atoms with Crippen LogP contribution < -0.4 is 10.1 Å². The third-order valence-corrected chi connectivity index (χ3v) is 5.39.